The number of hydrogen-bond acceptors (Lipinski definition) is 0. The van der Waals surface area contributed by atoms with Crippen molar-refractivity contribution in [1.29, 1.82) is 0 Å². The molecule has 0 aliphatic rings. The third-order valence-electron chi connectivity index (χ3n) is 17.6. The molecule has 0 aliphatic carbocycles. The summed E-state index contributed by atoms with van der Waals surface area (Å²) in [7, 11) is 0. The van der Waals surface area contributed by atoms with E-state index >= 15 is 0 Å². The summed E-state index contributed by atoms with van der Waals surface area (Å²) in [6, 6.07) is 135. The lowest BCUT2D eigenvalue weighted by Gasteiger charge is -2.29. The van der Waals surface area contributed by atoms with Crippen molar-refractivity contribution in [2.45, 2.75) is 0 Å². The summed E-state index contributed by atoms with van der Waals surface area (Å²) in [6.45, 7) is 0. The molecule has 0 heterocycles. The van der Waals surface area contributed by atoms with Gasteiger partial charge in [-0.2, -0.15) is 0 Å². The van der Waals surface area contributed by atoms with Crippen molar-refractivity contribution in [1.82, 2.24) is 0 Å². The molecule has 15 aromatic carbocycles. The quantitative estimate of drug-likeness (QED) is 0.102. The second-order valence-corrected chi connectivity index (χ2v) is 23.9. The summed E-state index contributed by atoms with van der Waals surface area (Å²) in [5, 5.41) is 0. The molecular formula is C90H61Br. The maximum atomic E-state index is 4.12. The van der Waals surface area contributed by atoms with Gasteiger partial charge in [-0.05, 0) is 174 Å². The molecule has 15 rings (SSSR count). The van der Waals surface area contributed by atoms with E-state index in [1.807, 2.05) is 0 Å². The van der Waals surface area contributed by atoms with Gasteiger partial charge in [-0.1, -0.05) is 368 Å². The third kappa shape index (κ3) is 11.0. The highest BCUT2D eigenvalue weighted by Crippen LogP contribution is 2.58. The zero-order valence-electron chi connectivity index (χ0n) is 50.1. The highest BCUT2D eigenvalue weighted by molar-refractivity contribution is 9.10. The standard InChI is InChI=1S/C90H61Br/c91-78-59-58-74(62-54-56-73(57-55-62)89-85(69-44-23-7-24-45-69)80(64-34-13-2-14-35-64)79(63-32-11-1-12-33-63)81(65-36-15-3-16-37-65)86(89)70-46-25-8-26-47-70)61-77(78)75-52-31-53-76(60-75)90-87(71-48-27-9-28-49-71)83(67-40-19-5-20-41-67)82(66-38-17-4-18-39-66)84(68-42-21-6-22-43-68)88(90)72-50-29-10-30-51-72/h1-61H. The van der Waals surface area contributed by atoms with Crippen LogP contribution in [0.5, 0.6) is 0 Å². The molecule has 1 heteroatoms. The van der Waals surface area contributed by atoms with E-state index in [4.69, 9.17) is 0 Å². The van der Waals surface area contributed by atoms with Gasteiger partial charge >= 0.3 is 0 Å². The van der Waals surface area contributed by atoms with E-state index in [1.165, 1.54) is 66.8 Å². The van der Waals surface area contributed by atoms with E-state index in [0.717, 1.165) is 93.5 Å². The molecule has 91 heavy (non-hydrogen) atoms. The molecule has 0 atom stereocenters. The van der Waals surface area contributed by atoms with Gasteiger partial charge in [0.15, 0.2) is 0 Å². The maximum absolute atomic E-state index is 4.12. The van der Waals surface area contributed by atoms with Crippen molar-refractivity contribution in [3.63, 3.8) is 0 Å². The Morgan fingerprint density at radius 1 is 0.121 bits per heavy atom. The minimum atomic E-state index is 1.02. The van der Waals surface area contributed by atoms with Crippen LogP contribution >= 0.6 is 15.9 Å². The maximum Gasteiger partial charge on any atom is 0.0254 e. The van der Waals surface area contributed by atoms with Crippen LogP contribution in [0.4, 0.5) is 0 Å². The van der Waals surface area contributed by atoms with Crippen LogP contribution in [0.1, 0.15) is 0 Å². The Kier molecular flexibility index (Phi) is 15.8. The minimum absolute atomic E-state index is 1.02. The van der Waals surface area contributed by atoms with Crippen LogP contribution < -0.4 is 0 Å². The van der Waals surface area contributed by atoms with Crippen LogP contribution in [-0.2, 0) is 0 Å². The Morgan fingerprint density at radius 3 is 0.538 bits per heavy atom. The highest BCUT2D eigenvalue weighted by Gasteiger charge is 2.31. The van der Waals surface area contributed by atoms with Gasteiger partial charge in [0.05, 0.1) is 0 Å². The predicted molar refractivity (Wildman–Crippen MR) is 390 cm³/mol. The average Bonchev–Trinajstić information content (AvgIpc) is 0.736. The first kappa shape index (κ1) is 56.3. The molecule has 0 amide bonds. The Hall–Kier alpha value is -11.2. The number of rotatable bonds is 14. The Labute approximate surface area is 542 Å². The molecule has 0 nitrogen and oxygen atoms in total. The molecular weight excluding hydrogens is 1160 g/mol. The Morgan fingerprint density at radius 2 is 0.297 bits per heavy atom. The van der Waals surface area contributed by atoms with E-state index in [1.54, 1.807) is 0 Å². The number of benzene rings is 15. The van der Waals surface area contributed by atoms with Gasteiger partial charge in [0.1, 0.15) is 0 Å². The van der Waals surface area contributed by atoms with Crippen LogP contribution in [0, 0.1) is 0 Å². The van der Waals surface area contributed by atoms with Gasteiger partial charge in [-0.25, -0.2) is 0 Å². The van der Waals surface area contributed by atoms with Gasteiger partial charge < -0.3 is 0 Å². The van der Waals surface area contributed by atoms with E-state index in [9.17, 15) is 0 Å². The minimum Gasteiger partial charge on any atom is -0.0622 e. The summed E-state index contributed by atoms with van der Waals surface area (Å²) in [6.07, 6.45) is 0. The topological polar surface area (TPSA) is 0 Å². The second-order valence-electron chi connectivity index (χ2n) is 23.0. The number of hydrogen-bond donors (Lipinski definition) is 0. The van der Waals surface area contributed by atoms with Gasteiger partial charge in [0.2, 0.25) is 0 Å². The largest absolute Gasteiger partial charge is 0.0622 e. The van der Waals surface area contributed by atoms with Gasteiger partial charge in [0, 0.05) is 4.47 Å². The Bertz CT molecular complexity index is 4790. The van der Waals surface area contributed by atoms with E-state index in [2.05, 4.69) is 386 Å². The fourth-order valence-electron chi connectivity index (χ4n) is 13.6. The van der Waals surface area contributed by atoms with Crippen LogP contribution in [0.3, 0.4) is 0 Å². The summed E-state index contributed by atoms with van der Waals surface area (Å²) in [4.78, 5) is 0. The van der Waals surface area contributed by atoms with Crippen LogP contribution in [0.2, 0.25) is 0 Å². The Balaban J connectivity index is 0.950. The average molecular weight is 1220 g/mol. The molecule has 0 aliphatic heterocycles. The van der Waals surface area contributed by atoms with Crippen molar-refractivity contribution < 1.29 is 0 Å². The molecule has 0 bridgehead atoms. The zero-order chi connectivity index (χ0) is 60.9. The monoisotopic (exact) mass is 1220 g/mol. The molecule has 15 aromatic rings. The summed E-state index contributed by atoms with van der Waals surface area (Å²) >= 11 is 4.12. The first-order chi connectivity index (χ1) is 45.1. The fraction of sp³-hybridized carbons (Fsp3) is 0. The number of halogens is 1. The molecule has 0 fully saturated rings. The van der Waals surface area contributed by atoms with Crippen molar-refractivity contribution in [3.05, 3.63) is 375 Å². The SMILES string of the molecule is Brc1ccc(-c2ccc(-c3c(-c4ccccc4)c(-c4ccccc4)c(-c4ccccc4)c(-c4ccccc4)c3-c3ccccc3)cc2)cc1-c1cccc(-c2c(-c3ccccc3)c(-c3ccccc3)c(-c3ccccc3)c(-c3ccccc3)c2-c2ccccc2)c1. The molecule has 0 spiro atoms. The predicted octanol–water partition coefficient (Wildman–Crippen LogP) is 25.8. The summed E-state index contributed by atoms with van der Waals surface area (Å²) in [5.41, 5.74) is 32.5. The lowest BCUT2D eigenvalue weighted by Crippen LogP contribution is -2.02. The van der Waals surface area contributed by atoms with E-state index in [-0.39, 0.29) is 0 Å². The normalized spacial score (nSPS) is 11.1. The molecule has 428 valence electrons. The van der Waals surface area contributed by atoms with Crippen molar-refractivity contribution >= 4 is 15.9 Å². The van der Waals surface area contributed by atoms with Crippen molar-refractivity contribution in [3.8, 4) is 156 Å². The van der Waals surface area contributed by atoms with Gasteiger partial charge in [0.25, 0.3) is 0 Å². The molecule has 0 unspecified atom stereocenters. The first-order valence-electron chi connectivity index (χ1n) is 31.2. The molecule has 0 saturated carbocycles. The lowest BCUT2D eigenvalue weighted by molar-refractivity contribution is 1.50. The van der Waals surface area contributed by atoms with E-state index < -0.39 is 0 Å². The van der Waals surface area contributed by atoms with Crippen LogP contribution in [0.15, 0.2) is 375 Å². The zero-order valence-corrected chi connectivity index (χ0v) is 51.7. The molecule has 0 saturated heterocycles. The highest BCUT2D eigenvalue weighted by atomic mass is 79.9. The summed E-state index contributed by atoms with van der Waals surface area (Å²) < 4.78 is 1.02. The molecule has 0 N–H and O–H groups in total. The third-order valence-corrected chi connectivity index (χ3v) is 18.3. The molecule has 0 radical (unpaired) electrons. The summed E-state index contributed by atoms with van der Waals surface area (Å²) in [5.74, 6) is 0. The van der Waals surface area contributed by atoms with Gasteiger partial charge in [-0.3, -0.25) is 0 Å². The van der Waals surface area contributed by atoms with Crippen LogP contribution in [-0.4, -0.2) is 0 Å². The lowest BCUT2D eigenvalue weighted by atomic mass is 9.74. The smallest absolute Gasteiger partial charge is 0.0254 e. The van der Waals surface area contributed by atoms with Crippen LogP contribution in [0.25, 0.3) is 156 Å². The fourth-order valence-corrected chi connectivity index (χ4v) is 14.1. The van der Waals surface area contributed by atoms with Crippen molar-refractivity contribution in [2.24, 2.45) is 0 Å². The second kappa shape index (κ2) is 25.5. The van der Waals surface area contributed by atoms with Gasteiger partial charge in [-0.15, -0.1) is 0 Å². The molecule has 0 aromatic heterocycles. The van der Waals surface area contributed by atoms with E-state index in [0.29, 0.717) is 0 Å². The first-order valence-corrected chi connectivity index (χ1v) is 32.0. The van der Waals surface area contributed by atoms with Crippen molar-refractivity contribution in [2.75, 3.05) is 0 Å².